The number of nitrogens with one attached hydrogen (secondary N) is 1. The smallest absolute Gasteiger partial charge is 0.319 e. The van der Waals surface area contributed by atoms with E-state index in [1.807, 2.05) is 37.3 Å². The zero-order valence-corrected chi connectivity index (χ0v) is 18.6. The molecule has 0 radical (unpaired) electrons. The Balaban J connectivity index is 2.00. The van der Waals surface area contributed by atoms with Crippen molar-refractivity contribution in [1.29, 1.82) is 5.26 Å². The number of hydrogen-bond donors (Lipinski definition) is 1. The number of benzene rings is 2. The predicted molar refractivity (Wildman–Crippen MR) is 118 cm³/mol. The van der Waals surface area contributed by atoms with E-state index in [9.17, 15) is 14.9 Å². The molecule has 154 valence electrons. The Hall–Kier alpha value is -2.46. The summed E-state index contributed by atoms with van der Waals surface area (Å²) in [7, 11) is 1.23. The van der Waals surface area contributed by atoms with Gasteiger partial charge in [-0.3, -0.25) is 9.59 Å². The van der Waals surface area contributed by atoms with Gasteiger partial charge < -0.3 is 10.1 Å². The van der Waals surface area contributed by atoms with Crippen molar-refractivity contribution in [2.45, 2.75) is 18.6 Å². The van der Waals surface area contributed by atoms with Gasteiger partial charge in [0.2, 0.25) is 5.91 Å². The van der Waals surface area contributed by atoms with E-state index in [2.05, 4.69) is 11.4 Å². The van der Waals surface area contributed by atoms with Crippen molar-refractivity contribution in [1.82, 2.24) is 5.32 Å². The fourth-order valence-electron chi connectivity index (χ4n) is 3.24. The van der Waals surface area contributed by atoms with Crippen LogP contribution in [0.5, 0.6) is 0 Å². The lowest BCUT2D eigenvalue weighted by Gasteiger charge is -2.31. The van der Waals surface area contributed by atoms with Gasteiger partial charge in [0.05, 0.1) is 33.8 Å². The fourth-order valence-corrected chi connectivity index (χ4v) is 4.55. The molecule has 1 heterocycles. The number of allylic oxidation sites excluding steroid dienone is 1. The van der Waals surface area contributed by atoms with Gasteiger partial charge in [0.25, 0.3) is 0 Å². The maximum Gasteiger partial charge on any atom is 0.319 e. The number of rotatable bonds is 5. The second-order valence-electron chi connectivity index (χ2n) is 6.77. The normalized spacial score (nSPS) is 18.6. The van der Waals surface area contributed by atoms with Gasteiger partial charge in [-0.05, 0) is 30.2 Å². The highest BCUT2D eigenvalue weighted by atomic mass is 35.5. The summed E-state index contributed by atoms with van der Waals surface area (Å²) in [6.07, 6.45) is 0. The van der Waals surface area contributed by atoms with Crippen molar-refractivity contribution >= 4 is 46.8 Å². The van der Waals surface area contributed by atoms with Gasteiger partial charge >= 0.3 is 5.97 Å². The van der Waals surface area contributed by atoms with Crippen LogP contribution in [0.1, 0.15) is 22.6 Å². The number of esters is 1. The van der Waals surface area contributed by atoms with Crippen LogP contribution < -0.4 is 5.32 Å². The summed E-state index contributed by atoms with van der Waals surface area (Å²) in [6, 6.07) is 14.9. The molecule has 0 aromatic heterocycles. The first-order valence-electron chi connectivity index (χ1n) is 9.02. The van der Waals surface area contributed by atoms with E-state index in [1.54, 1.807) is 12.1 Å². The Kier molecular flexibility index (Phi) is 7.09. The molecule has 0 saturated carbocycles. The summed E-state index contributed by atoms with van der Waals surface area (Å²) in [6.45, 7) is 1.94. The zero-order valence-electron chi connectivity index (χ0n) is 16.2. The number of hydrogen-bond acceptors (Lipinski definition) is 5. The van der Waals surface area contributed by atoms with Crippen LogP contribution in [0.2, 0.25) is 10.0 Å². The van der Waals surface area contributed by atoms with E-state index in [4.69, 9.17) is 27.9 Å². The molecule has 0 aliphatic carbocycles. The van der Waals surface area contributed by atoms with Gasteiger partial charge in [0.15, 0.2) is 0 Å². The molecule has 8 heteroatoms. The molecule has 3 rings (SSSR count). The molecule has 0 spiro atoms. The number of halogens is 2. The number of ether oxygens (including phenoxy) is 1. The van der Waals surface area contributed by atoms with Crippen LogP contribution in [-0.4, -0.2) is 19.0 Å². The molecule has 2 atom stereocenters. The third-order valence-corrected chi connectivity index (χ3v) is 6.61. The van der Waals surface area contributed by atoms with E-state index in [0.29, 0.717) is 32.0 Å². The number of carbonyl (C=O) groups excluding carboxylic acids is 2. The van der Waals surface area contributed by atoms with Gasteiger partial charge in [0, 0.05) is 11.7 Å². The van der Waals surface area contributed by atoms with E-state index >= 15 is 0 Å². The number of amides is 1. The van der Waals surface area contributed by atoms with E-state index in [-0.39, 0.29) is 0 Å². The molecule has 2 aromatic rings. The Morgan fingerprint density at radius 2 is 1.90 bits per heavy atom. The lowest BCUT2D eigenvalue weighted by Crippen LogP contribution is -2.44. The molecule has 0 fully saturated rings. The zero-order chi connectivity index (χ0) is 21.8. The predicted octanol–water partition coefficient (Wildman–Crippen LogP) is 4.97. The Bertz CT molecular complexity index is 1060. The van der Waals surface area contributed by atoms with E-state index in [0.717, 1.165) is 11.1 Å². The summed E-state index contributed by atoms with van der Waals surface area (Å²) in [5.74, 6) is -2.58. The largest absolute Gasteiger partial charge is 0.468 e. The number of carbonyl (C=O) groups is 2. The van der Waals surface area contributed by atoms with E-state index < -0.39 is 23.7 Å². The minimum absolute atomic E-state index is 0.318. The van der Waals surface area contributed by atoms with Crippen LogP contribution in [0.4, 0.5) is 0 Å². The molecule has 5 nitrogen and oxygen atoms in total. The highest BCUT2D eigenvalue weighted by Gasteiger charge is 2.44. The molecule has 30 heavy (non-hydrogen) atoms. The summed E-state index contributed by atoms with van der Waals surface area (Å²) in [5, 5.41) is 13.9. The number of methoxy groups -OCH3 is 1. The first-order chi connectivity index (χ1) is 14.3. The second-order valence-corrected chi connectivity index (χ2v) is 8.57. The molecule has 0 unspecified atom stereocenters. The lowest BCUT2D eigenvalue weighted by molar-refractivity contribution is -0.150. The highest BCUT2D eigenvalue weighted by molar-refractivity contribution is 8.02. The van der Waals surface area contributed by atoms with Crippen molar-refractivity contribution in [2.24, 2.45) is 5.92 Å². The first kappa shape index (κ1) is 22.2. The number of nitrogens with zero attached hydrogens (tertiary/aromatic N) is 1. The quantitative estimate of drug-likeness (QED) is 0.502. The third-order valence-electron chi connectivity index (χ3n) is 4.79. The summed E-state index contributed by atoms with van der Waals surface area (Å²) < 4.78 is 4.85. The third kappa shape index (κ3) is 4.65. The second kappa shape index (κ2) is 9.57. The van der Waals surface area contributed by atoms with Crippen molar-refractivity contribution in [3.63, 3.8) is 0 Å². The number of nitriles is 1. The van der Waals surface area contributed by atoms with Crippen LogP contribution in [0.25, 0.3) is 0 Å². The van der Waals surface area contributed by atoms with Crippen molar-refractivity contribution in [3.8, 4) is 6.07 Å². The van der Waals surface area contributed by atoms with Gasteiger partial charge in [-0.2, -0.15) is 5.26 Å². The number of aryl methyl sites for hydroxylation is 1. The van der Waals surface area contributed by atoms with Crippen LogP contribution in [-0.2, 0) is 20.1 Å². The molecule has 1 amide bonds. The topological polar surface area (TPSA) is 79.2 Å². The fraction of sp³-hybridized carbons (Fsp3) is 0.227. The maximum atomic E-state index is 12.8. The average Bonchev–Trinajstić information content (AvgIpc) is 2.74. The SMILES string of the molecule is COC(=O)[C@@H]1C(=O)NC(SCc2ccc(Cl)c(Cl)c2)=C(C#N)[C@H]1c1ccc(C)cc1. The van der Waals surface area contributed by atoms with Crippen molar-refractivity contribution < 1.29 is 14.3 Å². The average molecular weight is 461 g/mol. The lowest BCUT2D eigenvalue weighted by atomic mass is 9.78. The minimum atomic E-state index is -1.14. The van der Waals surface area contributed by atoms with Gasteiger partial charge in [0.1, 0.15) is 5.92 Å². The maximum absolute atomic E-state index is 12.8. The van der Waals surface area contributed by atoms with Gasteiger partial charge in [-0.1, -0.05) is 59.1 Å². The van der Waals surface area contributed by atoms with Crippen molar-refractivity contribution in [2.75, 3.05) is 7.11 Å². The van der Waals surface area contributed by atoms with Crippen LogP contribution in [0.15, 0.2) is 53.1 Å². The van der Waals surface area contributed by atoms with Crippen molar-refractivity contribution in [3.05, 3.63) is 79.8 Å². The number of thioether (sulfide) groups is 1. The van der Waals surface area contributed by atoms with Crippen LogP contribution in [0.3, 0.4) is 0 Å². The molecule has 1 N–H and O–H groups in total. The molecule has 1 aliphatic rings. The molecular formula is C22H18Cl2N2O3S. The summed E-state index contributed by atoms with van der Waals surface area (Å²) >= 11 is 13.3. The van der Waals surface area contributed by atoms with Crippen LogP contribution in [0, 0.1) is 24.2 Å². The summed E-state index contributed by atoms with van der Waals surface area (Å²) in [4.78, 5) is 25.2. The van der Waals surface area contributed by atoms with E-state index in [1.165, 1.54) is 18.9 Å². The summed E-state index contributed by atoms with van der Waals surface area (Å²) in [5.41, 5.74) is 2.94. The Labute approximate surface area is 189 Å². The Morgan fingerprint density at radius 3 is 2.50 bits per heavy atom. The van der Waals surface area contributed by atoms with Gasteiger partial charge in [-0.15, -0.1) is 11.8 Å². The van der Waals surface area contributed by atoms with Crippen LogP contribution >= 0.6 is 35.0 Å². The minimum Gasteiger partial charge on any atom is -0.468 e. The molecular weight excluding hydrogens is 443 g/mol. The molecule has 1 aliphatic heterocycles. The first-order valence-corrected chi connectivity index (χ1v) is 10.8. The monoisotopic (exact) mass is 460 g/mol. The Morgan fingerprint density at radius 1 is 1.20 bits per heavy atom. The van der Waals surface area contributed by atoms with Gasteiger partial charge in [-0.25, -0.2) is 0 Å². The standard InChI is InChI=1S/C22H18Cl2N2O3S/c1-12-3-6-14(7-4-12)18-15(10-25)21(26-20(27)19(18)22(28)29-2)30-11-13-5-8-16(23)17(24)9-13/h3-9,18-19H,11H2,1-2H3,(H,26,27)/t18-,19+/m1/s1. The molecule has 2 aromatic carbocycles. The highest BCUT2D eigenvalue weighted by Crippen LogP contribution is 2.41. The molecule has 0 saturated heterocycles. The molecule has 0 bridgehead atoms.